The minimum atomic E-state index is -1.09. The molecule has 0 aliphatic carbocycles. The van der Waals surface area contributed by atoms with Crippen molar-refractivity contribution in [3.05, 3.63) is 63.9 Å². The summed E-state index contributed by atoms with van der Waals surface area (Å²) in [6.45, 7) is 0. The zero-order valence-corrected chi connectivity index (χ0v) is 12.6. The molecule has 0 bridgehead atoms. The van der Waals surface area contributed by atoms with Gasteiger partial charge in [-0.25, -0.2) is 9.18 Å². The second-order valence-corrected chi connectivity index (χ2v) is 5.03. The van der Waals surface area contributed by atoms with Gasteiger partial charge in [-0.2, -0.15) is 0 Å². The van der Waals surface area contributed by atoms with Gasteiger partial charge in [0.15, 0.2) is 6.04 Å². The van der Waals surface area contributed by atoms with Crippen molar-refractivity contribution < 1.29 is 13.9 Å². The Labute approximate surface area is 131 Å². The first-order valence-electron chi connectivity index (χ1n) is 6.07. The van der Waals surface area contributed by atoms with E-state index in [0.29, 0.717) is 10.7 Å². The van der Waals surface area contributed by atoms with Crippen LogP contribution in [0.25, 0.3) is 0 Å². The predicted octanol–water partition coefficient (Wildman–Crippen LogP) is 4.46. The average Bonchev–Trinajstić information content (AvgIpc) is 2.47. The molecule has 2 aromatic rings. The Kier molecular flexibility index (Phi) is 5.04. The van der Waals surface area contributed by atoms with Gasteiger partial charge in [-0.15, -0.1) is 0 Å². The molecule has 110 valence electrons. The van der Waals surface area contributed by atoms with Gasteiger partial charge in [0.25, 0.3) is 0 Å². The number of hydrogen-bond donors (Lipinski definition) is 1. The SMILES string of the molecule is COC(=O)C(Nc1ccccc1Cl)c1c(F)cccc1Cl. The van der Waals surface area contributed by atoms with E-state index in [1.165, 1.54) is 25.3 Å². The van der Waals surface area contributed by atoms with Crippen molar-refractivity contribution in [3.63, 3.8) is 0 Å². The van der Waals surface area contributed by atoms with Crippen LogP contribution in [0.3, 0.4) is 0 Å². The number of esters is 1. The summed E-state index contributed by atoms with van der Waals surface area (Å²) < 4.78 is 18.8. The van der Waals surface area contributed by atoms with E-state index in [0.717, 1.165) is 0 Å². The Morgan fingerprint density at radius 3 is 2.43 bits per heavy atom. The third kappa shape index (κ3) is 3.46. The molecule has 0 spiro atoms. The van der Waals surface area contributed by atoms with Crippen LogP contribution in [0.5, 0.6) is 0 Å². The number of para-hydroxylation sites is 1. The smallest absolute Gasteiger partial charge is 0.333 e. The van der Waals surface area contributed by atoms with E-state index in [1.54, 1.807) is 24.3 Å². The summed E-state index contributed by atoms with van der Waals surface area (Å²) >= 11 is 12.1. The fourth-order valence-electron chi connectivity index (χ4n) is 1.89. The molecule has 6 heteroatoms. The number of halogens is 3. The standard InChI is InChI=1S/C15H12Cl2FNO2/c1-21-15(20)14(13-10(17)6-4-7-11(13)18)19-12-8-3-2-5-9(12)16/h2-8,14,19H,1H3. The van der Waals surface area contributed by atoms with E-state index >= 15 is 0 Å². The van der Waals surface area contributed by atoms with Gasteiger partial charge in [-0.1, -0.05) is 41.4 Å². The summed E-state index contributed by atoms with van der Waals surface area (Å²) in [6.07, 6.45) is 0. The van der Waals surface area contributed by atoms with Crippen LogP contribution in [-0.4, -0.2) is 13.1 Å². The lowest BCUT2D eigenvalue weighted by Gasteiger charge is -2.20. The molecule has 0 saturated heterocycles. The van der Waals surface area contributed by atoms with Crippen LogP contribution in [0.15, 0.2) is 42.5 Å². The molecule has 0 heterocycles. The third-order valence-corrected chi connectivity index (χ3v) is 3.56. The molecule has 0 aromatic heterocycles. The fourth-order valence-corrected chi connectivity index (χ4v) is 2.35. The number of methoxy groups -OCH3 is 1. The van der Waals surface area contributed by atoms with Crippen molar-refractivity contribution >= 4 is 34.9 Å². The zero-order valence-electron chi connectivity index (χ0n) is 11.1. The first-order valence-corrected chi connectivity index (χ1v) is 6.83. The molecule has 1 atom stereocenters. The van der Waals surface area contributed by atoms with Gasteiger partial charge in [-0.3, -0.25) is 0 Å². The van der Waals surface area contributed by atoms with Crippen molar-refractivity contribution in [2.24, 2.45) is 0 Å². The van der Waals surface area contributed by atoms with Crippen molar-refractivity contribution in [3.8, 4) is 0 Å². The molecule has 2 aromatic carbocycles. The Morgan fingerprint density at radius 1 is 1.14 bits per heavy atom. The normalized spacial score (nSPS) is 11.8. The highest BCUT2D eigenvalue weighted by molar-refractivity contribution is 6.33. The molecule has 0 radical (unpaired) electrons. The first kappa shape index (κ1) is 15.6. The second kappa shape index (κ2) is 6.78. The summed E-state index contributed by atoms with van der Waals surface area (Å²) in [5.41, 5.74) is 0.500. The van der Waals surface area contributed by atoms with Gasteiger partial charge >= 0.3 is 5.97 Å². The summed E-state index contributed by atoms with van der Waals surface area (Å²) in [6, 6.07) is 9.92. The number of ether oxygens (including phenoxy) is 1. The summed E-state index contributed by atoms with van der Waals surface area (Å²) in [5.74, 6) is -1.26. The molecule has 0 saturated carbocycles. The van der Waals surface area contributed by atoms with Crippen molar-refractivity contribution in [1.82, 2.24) is 0 Å². The highest BCUT2D eigenvalue weighted by Crippen LogP contribution is 2.31. The van der Waals surface area contributed by atoms with Crippen molar-refractivity contribution in [2.45, 2.75) is 6.04 Å². The highest BCUT2D eigenvalue weighted by Gasteiger charge is 2.27. The lowest BCUT2D eigenvalue weighted by molar-refractivity contribution is -0.141. The van der Waals surface area contributed by atoms with E-state index in [-0.39, 0.29) is 10.6 Å². The van der Waals surface area contributed by atoms with Crippen LogP contribution in [-0.2, 0) is 9.53 Å². The minimum absolute atomic E-state index is 0.0194. The molecule has 21 heavy (non-hydrogen) atoms. The number of carbonyl (C=O) groups is 1. The maximum atomic E-state index is 14.0. The molecular formula is C15H12Cl2FNO2. The number of anilines is 1. The van der Waals surface area contributed by atoms with E-state index < -0.39 is 17.8 Å². The second-order valence-electron chi connectivity index (χ2n) is 4.22. The van der Waals surface area contributed by atoms with Crippen LogP contribution in [0.2, 0.25) is 10.0 Å². The maximum Gasteiger partial charge on any atom is 0.333 e. The van der Waals surface area contributed by atoms with Crippen LogP contribution in [0.4, 0.5) is 10.1 Å². The number of carbonyl (C=O) groups excluding carboxylic acids is 1. The van der Waals surface area contributed by atoms with E-state index in [4.69, 9.17) is 27.9 Å². The Hall–Kier alpha value is -1.78. The van der Waals surface area contributed by atoms with Crippen LogP contribution >= 0.6 is 23.2 Å². The van der Waals surface area contributed by atoms with Crippen molar-refractivity contribution in [2.75, 3.05) is 12.4 Å². The molecule has 0 aliphatic heterocycles. The molecule has 0 aliphatic rings. The average molecular weight is 328 g/mol. The molecule has 1 N–H and O–H groups in total. The summed E-state index contributed by atoms with van der Waals surface area (Å²) in [4.78, 5) is 12.0. The highest BCUT2D eigenvalue weighted by atomic mass is 35.5. The molecule has 0 fully saturated rings. The Morgan fingerprint density at radius 2 is 1.81 bits per heavy atom. The number of nitrogens with one attached hydrogen (secondary N) is 1. The van der Waals surface area contributed by atoms with Crippen molar-refractivity contribution in [1.29, 1.82) is 0 Å². The third-order valence-electron chi connectivity index (χ3n) is 2.90. The predicted molar refractivity (Wildman–Crippen MR) is 81.2 cm³/mol. The maximum absolute atomic E-state index is 14.0. The van der Waals surface area contributed by atoms with Gasteiger partial charge in [0, 0.05) is 10.6 Å². The number of hydrogen-bond acceptors (Lipinski definition) is 3. The summed E-state index contributed by atoms with van der Waals surface area (Å²) in [7, 11) is 1.22. The van der Waals surface area contributed by atoms with Crippen LogP contribution < -0.4 is 5.32 Å². The largest absolute Gasteiger partial charge is 0.467 e. The van der Waals surface area contributed by atoms with Gasteiger partial charge < -0.3 is 10.1 Å². The van der Waals surface area contributed by atoms with E-state index in [9.17, 15) is 9.18 Å². The molecule has 1 unspecified atom stereocenters. The fraction of sp³-hybridized carbons (Fsp3) is 0.133. The first-order chi connectivity index (χ1) is 10.0. The minimum Gasteiger partial charge on any atom is -0.467 e. The van der Waals surface area contributed by atoms with Gasteiger partial charge in [0.2, 0.25) is 0 Å². The molecular weight excluding hydrogens is 316 g/mol. The lowest BCUT2D eigenvalue weighted by atomic mass is 10.1. The lowest BCUT2D eigenvalue weighted by Crippen LogP contribution is -2.24. The number of rotatable bonds is 4. The van der Waals surface area contributed by atoms with Crippen LogP contribution in [0.1, 0.15) is 11.6 Å². The Balaban J connectivity index is 2.45. The van der Waals surface area contributed by atoms with Gasteiger partial charge in [-0.05, 0) is 24.3 Å². The monoisotopic (exact) mass is 327 g/mol. The van der Waals surface area contributed by atoms with E-state index in [1.807, 2.05) is 0 Å². The quantitative estimate of drug-likeness (QED) is 0.842. The molecule has 3 nitrogen and oxygen atoms in total. The topological polar surface area (TPSA) is 38.3 Å². The van der Waals surface area contributed by atoms with Gasteiger partial charge in [0.05, 0.1) is 17.8 Å². The van der Waals surface area contributed by atoms with Gasteiger partial charge in [0.1, 0.15) is 5.82 Å². The zero-order chi connectivity index (χ0) is 15.4. The Bertz CT molecular complexity index is 644. The van der Waals surface area contributed by atoms with Crippen LogP contribution in [0, 0.1) is 5.82 Å². The van der Waals surface area contributed by atoms with E-state index in [2.05, 4.69) is 5.32 Å². The number of benzene rings is 2. The molecule has 2 rings (SSSR count). The molecule has 0 amide bonds. The summed E-state index contributed by atoms with van der Waals surface area (Å²) in [5, 5.41) is 3.40.